The Hall–Kier alpha value is -1.16. The molecule has 4 heteroatoms. The molecule has 0 saturated carbocycles. The summed E-state index contributed by atoms with van der Waals surface area (Å²) in [5, 5.41) is 12.6. The van der Waals surface area contributed by atoms with Gasteiger partial charge in [-0.2, -0.15) is 11.8 Å². The predicted molar refractivity (Wildman–Crippen MR) is 149 cm³/mol. The van der Waals surface area contributed by atoms with E-state index in [1.807, 2.05) is 0 Å². The third-order valence-electron chi connectivity index (χ3n) is 6.29. The molecule has 0 aromatic carbocycles. The minimum absolute atomic E-state index is 0.0223. The molecule has 3 unspecified atom stereocenters. The number of hydrogen-bond acceptors (Lipinski definition) is 3. The number of carbonyl (C=O) groups is 1. The third kappa shape index (κ3) is 20.0. The summed E-state index contributed by atoms with van der Waals surface area (Å²) in [6.45, 7) is 18.9. The van der Waals surface area contributed by atoms with Crippen molar-refractivity contribution in [2.45, 2.75) is 111 Å². The van der Waals surface area contributed by atoms with Crippen molar-refractivity contribution in [3.8, 4) is 0 Å². The van der Waals surface area contributed by atoms with Crippen LogP contribution in [0.4, 0.5) is 0 Å². The summed E-state index contributed by atoms with van der Waals surface area (Å²) in [5.74, 6) is 4.00. The van der Waals surface area contributed by atoms with Gasteiger partial charge >= 0.3 is 0 Å². The van der Waals surface area contributed by atoms with Crippen LogP contribution in [-0.4, -0.2) is 28.6 Å². The number of hydrogen-bond donors (Lipinski definition) is 2. The van der Waals surface area contributed by atoms with Crippen molar-refractivity contribution in [1.29, 1.82) is 0 Å². The first kappa shape index (κ1) is 31.8. The van der Waals surface area contributed by atoms with Crippen LogP contribution in [-0.2, 0) is 4.79 Å². The summed E-state index contributed by atoms with van der Waals surface area (Å²) in [4.78, 5) is 11.9. The topological polar surface area (TPSA) is 49.3 Å². The Balaban J connectivity index is 3.95. The summed E-state index contributed by atoms with van der Waals surface area (Å²) in [5.41, 5.74) is 1.43. The van der Waals surface area contributed by atoms with Crippen LogP contribution in [0.2, 0.25) is 0 Å². The maximum atomic E-state index is 11.9. The zero-order valence-corrected chi connectivity index (χ0v) is 23.2. The smallest absolute Gasteiger partial charge is 0.220 e. The Kier molecular flexibility index (Phi) is 19.5. The van der Waals surface area contributed by atoms with E-state index in [2.05, 4.69) is 59.2 Å². The standard InChI is InChI=1S/C29H53NO2S/c1-8-9-19-29(32)30-28(27(7)31)22-33-21-20-26(6)18-12-17-25(5)16-11-15-24(4)14-10-13-23(2)3/h8,20,23-25,28,31H,1,7,9-19,21-22H2,2-6H3,(H,30,32)/b26-20+. The molecule has 3 nitrogen and oxygen atoms in total. The van der Waals surface area contributed by atoms with Gasteiger partial charge in [-0.3, -0.25) is 4.79 Å². The van der Waals surface area contributed by atoms with Crippen LogP contribution in [0.1, 0.15) is 105 Å². The van der Waals surface area contributed by atoms with Crippen molar-refractivity contribution in [2.75, 3.05) is 11.5 Å². The Bertz CT molecular complexity index is 570. The predicted octanol–water partition coefficient (Wildman–Crippen LogP) is 8.63. The fourth-order valence-corrected chi connectivity index (χ4v) is 4.97. The van der Waals surface area contributed by atoms with E-state index in [4.69, 9.17) is 0 Å². The molecule has 0 heterocycles. The fraction of sp³-hybridized carbons (Fsp3) is 0.759. The number of nitrogens with one attached hydrogen (secondary N) is 1. The molecule has 0 aliphatic carbocycles. The number of amides is 1. The van der Waals surface area contributed by atoms with Crippen LogP contribution in [0.5, 0.6) is 0 Å². The second kappa shape index (κ2) is 20.2. The average Bonchev–Trinajstić information content (AvgIpc) is 2.73. The van der Waals surface area contributed by atoms with E-state index in [1.54, 1.807) is 17.8 Å². The molecular formula is C29H53NO2S. The first-order chi connectivity index (χ1) is 15.6. The molecular weight excluding hydrogens is 426 g/mol. The first-order valence-electron chi connectivity index (χ1n) is 13.2. The lowest BCUT2D eigenvalue weighted by molar-refractivity contribution is -0.121. The van der Waals surface area contributed by atoms with Crippen molar-refractivity contribution >= 4 is 17.7 Å². The molecule has 0 saturated heterocycles. The Morgan fingerprint density at radius 3 is 2.09 bits per heavy atom. The van der Waals surface area contributed by atoms with Gasteiger partial charge < -0.3 is 10.4 Å². The highest BCUT2D eigenvalue weighted by Gasteiger charge is 2.14. The quantitative estimate of drug-likeness (QED) is 0.0983. The second-order valence-electron chi connectivity index (χ2n) is 10.4. The minimum atomic E-state index is -0.389. The van der Waals surface area contributed by atoms with Gasteiger partial charge in [-0.05, 0) is 43.9 Å². The number of thioether (sulfide) groups is 1. The van der Waals surface area contributed by atoms with Crippen molar-refractivity contribution in [1.82, 2.24) is 5.32 Å². The fourth-order valence-electron chi connectivity index (χ4n) is 3.92. The second-order valence-corrected chi connectivity index (χ2v) is 11.5. The van der Waals surface area contributed by atoms with Crippen molar-refractivity contribution < 1.29 is 9.90 Å². The Morgan fingerprint density at radius 1 is 0.970 bits per heavy atom. The molecule has 0 aliphatic heterocycles. The van der Waals surface area contributed by atoms with Crippen molar-refractivity contribution in [2.24, 2.45) is 17.8 Å². The molecule has 1 amide bonds. The van der Waals surface area contributed by atoms with Crippen LogP contribution in [0.3, 0.4) is 0 Å². The van der Waals surface area contributed by atoms with E-state index in [0.29, 0.717) is 18.6 Å². The van der Waals surface area contributed by atoms with Crippen LogP contribution < -0.4 is 5.32 Å². The molecule has 0 aromatic heterocycles. The summed E-state index contributed by atoms with van der Waals surface area (Å²) in [6, 6.07) is -0.389. The zero-order valence-electron chi connectivity index (χ0n) is 22.3. The van der Waals surface area contributed by atoms with E-state index in [-0.39, 0.29) is 17.7 Å². The Labute approximate surface area is 210 Å². The van der Waals surface area contributed by atoms with Gasteiger partial charge in [0.25, 0.3) is 0 Å². The molecule has 0 aliphatic rings. The van der Waals surface area contributed by atoms with E-state index in [0.717, 1.165) is 29.9 Å². The molecule has 0 spiro atoms. The summed E-state index contributed by atoms with van der Waals surface area (Å²) in [7, 11) is 0. The number of aliphatic hydroxyl groups is 1. The number of aliphatic hydroxyl groups excluding tert-OH is 1. The van der Waals surface area contributed by atoms with Gasteiger partial charge in [0.05, 0.1) is 6.04 Å². The lowest BCUT2D eigenvalue weighted by Gasteiger charge is -2.17. The lowest BCUT2D eigenvalue weighted by atomic mass is 9.91. The van der Waals surface area contributed by atoms with Crippen LogP contribution in [0, 0.1) is 17.8 Å². The van der Waals surface area contributed by atoms with Crippen molar-refractivity contribution in [3.63, 3.8) is 0 Å². The Morgan fingerprint density at radius 2 is 1.55 bits per heavy atom. The summed E-state index contributed by atoms with van der Waals surface area (Å²) in [6.07, 6.45) is 17.0. The number of carbonyl (C=O) groups excluding carboxylic acids is 1. The highest BCUT2D eigenvalue weighted by Crippen LogP contribution is 2.22. The van der Waals surface area contributed by atoms with Gasteiger partial charge in [0, 0.05) is 17.9 Å². The zero-order chi connectivity index (χ0) is 25.1. The molecule has 0 fully saturated rings. The SMILES string of the molecule is C=CCCC(=O)NC(CSC/C=C(\C)CCCC(C)CCCC(C)CCCC(C)C)C(=C)O. The van der Waals surface area contributed by atoms with Crippen LogP contribution in [0.25, 0.3) is 0 Å². The van der Waals surface area contributed by atoms with Gasteiger partial charge in [-0.1, -0.05) is 96.9 Å². The number of rotatable bonds is 21. The molecule has 33 heavy (non-hydrogen) atoms. The largest absolute Gasteiger partial charge is 0.511 e. The number of allylic oxidation sites excluding steroid dienone is 2. The summed E-state index contributed by atoms with van der Waals surface area (Å²) < 4.78 is 0. The highest BCUT2D eigenvalue weighted by molar-refractivity contribution is 7.99. The normalized spacial score (nSPS) is 14.7. The monoisotopic (exact) mass is 479 g/mol. The lowest BCUT2D eigenvalue weighted by Crippen LogP contribution is -2.37. The maximum absolute atomic E-state index is 11.9. The van der Waals surface area contributed by atoms with Gasteiger partial charge in [-0.15, -0.1) is 6.58 Å². The van der Waals surface area contributed by atoms with Gasteiger partial charge in [0.2, 0.25) is 5.91 Å². The molecule has 0 bridgehead atoms. The van der Waals surface area contributed by atoms with Crippen LogP contribution >= 0.6 is 11.8 Å². The summed E-state index contributed by atoms with van der Waals surface area (Å²) >= 11 is 1.71. The van der Waals surface area contributed by atoms with Gasteiger partial charge in [0.1, 0.15) is 5.76 Å². The van der Waals surface area contributed by atoms with Crippen LogP contribution in [0.15, 0.2) is 36.6 Å². The third-order valence-corrected chi connectivity index (χ3v) is 7.26. The highest BCUT2D eigenvalue weighted by atomic mass is 32.2. The average molecular weight is 480 g/mol. The molecule has 0 aromatic rings. The van der Waals surface area contributed by atoms with Crippen molar-refractivity contribution in [3.05, 3.63) is 36.6 Å². The van der Waals surface area contributed by atoms with E-state index >= 15 is 0 Å². The first-order valence-corrected chi connectivity index (χ1v) is 14.3. The van der Waals surface area contributed by atoms with Gasteiger partial charge in [-0.25, -0.2) is 0 Å². The van der Waals surface area contributed by atoms with E-state index in [9.17, 15) is 9.90 Å². The molecule has 2 N–H and O–H groups in total. The minimum Gasteiger partial charge on any atom is -0.511 e. The molecule has 0 rings (SSSR count). The van der Waals surface area contributed by atoms with E-state index < -0.39 is 0 Å². The molecule has 0 radical (unpaired) electrons. The van der Waals surface area contributed by atoms with Gasteiger partial charge in [0.15, 0.2) is 0 Å². The molecule has 3 atom stereocenters. The van der Waals surface area contributed by atoms with E-state index in [1.165, 1.54) is 56.9 Å². The molecule has 192 valence electrons. The maximum Gasteiger partial charge on any atom is 0.220 e.